The molecule has 0 fully saturated rings. The molecular weight excluding hydrogens is 450 g/mol. The molecule has 4 rings (SSSR count). The van der Waals surface area contributed by atoms with Crippen LogP contribution >= 0.6 is 11.6 Å². The molecule has 0 aliphatic heterocycles. The quantitative estimate of drug-likeness (QED) is 0.213. The second kappa shape index (κ2) is 11.5. The Kier molecular flexibility index (Phi) is 8.23. The van der Waals surface area contributed by atoms with Crippen molar-refractivity contribution in [2.24, 2.45) is 0 Å². The van der Waals surface area contributed by atoms with Crippen molar-refractivity contribution in [2.45, 2.75) is 58.3 Å². The van der Waals surface area contributed by atoms with Crippen molar-refractivity contribution in [3.8, 4) is 11.4 Å². The van der Waals surface area contributed by atoms with Crippen LogP contribution in [-0.2, 0) is 19.3 Å². The molecule has 1 heterocycles. The van der Waals surface area contributed by atoms with Gasteiger partial charge >= 0.3 is 0 Å². The Labute approximate surface area is 205 Å². The standard InChI is InChI=1S/C29H29ClF2N2/c1-2-3-4-5-6-7-21-18-33-29(34-19-21)24-13-14-25-23(17-24)12-11-22(28(25)32)10-8-20-9-15-26(30)27(31)16-20/h9,11-19H,2-8,10H2,1H3. The van der Waals surface area contributed by atoms with Crippen LogP contribution in [-0.4, -0.2) is 9.97 Å². The van der Waals surface area contributed by atoms with Crippen LogP contribution in [0.3, 0.4) is 0 Å². The van der Waals surface area contributed by atoms with E-state index in [9.17, 15) is 4.39 Å². The molecule has 0 aliphatic rings. The molecule has 176 valence electrons. The molecular formula is C29H29ClF2N2. The van der Waals surface area contributed by atoms with Crippen LogP contribution in [0.15, 0.2) is 60.9 Å². The molecule has 0 unspecified atom stereocenters. The van der Waals surface area contributed by atoms with E-state index in [1.807, 2.05) is 30.6 Å². The summed E-state index contributed by atoms with van der Waals surface area (Å²) in [5, 5.41) is 1.46. The van der Waals surface area contributed by atoms with Crippen LogP contribution in [0.4, 0.5) is 8.78 Å². The number of nitrogens with zero attached hydrogens (tertiary/aromatic N) is 2. The number of aryl methyl sites for hydroxylation is 3. The zero-order valence-electron chi connectivity index (χ0n) is 19.5. The zero-order valence-corrected chi connectivity index (χ0v) is 20.2. The van der Waals surface area contributed by atoms with E-state index >= 15 is 4.39 Å². The summed E-state index contributed by atoms with van der Waals surface area (Å²) in [6.07, 6.45) is 12.0. The highest BCUT2D eigenvalue weighted by Gasteiger charge is 2.11. The summed E-state index contributed by atoms with van der Waals surface area (Å²) < 4.78 is 28.8. The molecule has 0 bridgehead atoms. The third kappa shape index (κ3) is 5.98. The Hall–Kier alpha value is -2.85. The Morgan fingerprint density at radius 2 is 1.56 bits per heavy atom. The van der Waals surface area contributed by atoms with Crippen molar-refractivity contribution in [3.63, 3.8) is 0 Å². The number of unbranched alkanes of at least 4 members (excludes halogenated alkanes) is 4. The molecule has 2 nitrogen and oxygen atoms in total. The second-order valence-electron chi connectivity index (χ2n) is 8.80. The van der Waals surface area contributed by atoms with Crippen molar-refractivity contribution >= 4 is 22.4 Å². The van der Waals surface area contributed by atoms with Gasteiger partial charge in [0.05, 0.1) is 5.02 Å². The number of hydrogen-bond acceptors (Lipinski definition) is 2. The first-order valence-electron chi connectivity index (χ1n) is 12.0. The van der Waals surface area contributed by atoms with Crippen molar-refractivity contribution in [1.82, 2.24) is 9.97 Å². The molecule has 0 N–H and O–H groups in total. The molecule has 0 saturated carbocycles. The summed E-state index contributed by atoms with van der Waals surface area (Å²) in [6, 6.07) is 14.0. The average Bonchev–Trinajstić information content (AvgIpc) is 2.86. The van der Waals surface area contributed by atoms with Gasteiger partial charge in [-0.25, -0.2) is 18.7 Å². The Balaban J connectivity index is 1.44. The molecule has 3 aromatic carbocycles. The van der Waals surface area contributed by atoms with Crippen molar-refractivity contribution in [1.29, 1.82) is 0 Å². The fourth-order valence-electron chi connectivity index (χ4n) is 4.21. The predicted molar refractivity (Wildman–Crippen MR) is 136 cm³/mol. The van der Waals surface area contributed by atoms with Crippen molar-refractivity contribution in [2.75, 3.05) is 0 Å². The first-order chi connectivity index (χ1) is 16.5. The summed E-state index contributed by atoms with van der Waals surface area (Å²) >= 11 is 5.74. The molecule has 4 aromatic rings. The van der Waals surface area contributed by atoms with Gasteiger partial charge in [0.2, 0.25) is 0 Å². The number of benzene rings is 3. The van der Waals surface area contributed by atoms with Crippen LogP contribution in [0.5, 0.6) is 0 Å². The molecule has 34 heavy (non-hydrogen) atoms. The van der Waals surface area contributed by atoms with Gasteiger partial charge in [0.15, 0.2) is 5.82 Å². The fourth-order valence-corrected chi connectivity index (χ4v) is 4.33. The molecule has 5 heteroatoms. The highest BCUT2D eigenvalue weighted by Crippen LogP contribution is 2.27. The van der Waals surface area contributed by atoms with E-state index in [4.69, 9.17) is 11.6 Å². The molecule has 1 aromatic heterocycles. The van der Waals surface area contributed by atoms with E-state index in [1.54, 1.807) is 18.2 Å². The number of halogens is 3. The Morgan fingerprint density at radius 3 is 2.32 bits per heavy atom. The highest BCUT2D eigenvalue weighted by atomic mass is 35.5. The predicted octanol–water partition coefficient (Wildman–Crippen LogP) is 8.53. The van der Waals surface area contributed by atoms with E-state index in [0.29, 0.717) is 29.6 Å². The first kappa shape index (κ1) is 24.3. The number of hydrogen-bond donors (Lipinski definition) is 0. The molecule has 0 radical (unpaired) electrons. The van der Waals surface area contributed by atoms with Crippen LogP contribution < -0.4 is 0 Å². The van der Waals surface area contributed by atoms with E-state index in [1.165, 1.54) is 37.8 Å². The van der Waals surface area contributed by atoms with E-state index < -0.39 is 5.82 Å². The maximum Gasteiger partial charge on any atom is 0.159 e. The first-order valence-corrected chi connectivity index (χ1v) is 12.4. The van der Waals surface area contributed by atoms with Gasteiger partial charge in [-0.1, -0.05) is 74.5 Å². The van der Waals surface area contributed by atoms with E-state index in [0.717, 1.165) is 34.9 Å². The third-order valence-corrected chi connectivity index (χ3v) is 6.54. The summed E-state index contributed by atoms with van der Waals surface area (Å²) in [4.78, 5) is 9.08. The molecule has 0 amide bonds. The van der Waals surface area contributed by atoms with Gasteiger partial charge in [0, 0.05) is 23.3 Å². The van der Waals surface area contributed by atoms with Gasteiger partial charge < -0.3 is 0 Å². The lowest BCUT2D eigenvalue weighted by Gasteiger charge is -2.09. The highest BCUT2D eigenvalue weighted by molar-refractivity contribution is 6.30. The topological polar surface area (TPSA) is 25.8 Å². The second-order valence-corrected chi connectivity index (χ2v) is 9.21. The molecule has 0 aliphatic carbocycles. The maximum atomic E-state index is 15.2. The lowest BCUT2D eigenvalue weighted by molar-refractivity contribution is 0.617. The van der Waals surface area contributed by atoms with Gasteiger partial charge in [-0.15, -0.1) is 0 Å². The summed E-state index contributed by atoms with van der Waals surface area (Å²) in [5.41, 5.74) is 3.41. The summed E-state index contributed by atoms with van der Waals surface area (Å²) in [6.45, 7) is 2.22. The zero-order chi connectivity index (χ0) is 23.9. The molecule has 0 spiro atoms. The van der Waals surface area contributed by atoms with Crippen LogP contribution in [0.2, 0.25) is 5.02 Å². The largest absolute Gasteiger partial charge is 0.236 e. The minimum absolute atomic E-state index is 0.0949. The minimum atomic E-state index is -0.451. The van der Waals surface area contributed by atoms with Crippen molar-refractivity contribution in [3.05, 3.63) is 94.3 Å². The minimum Gasteiger partial charge on any atom is -0.236 e. The number of aromatic nitrogens is 2. The van der Waals surface area contributed by atoms with Gasteiger partial charge in [-0.2, -0.15) is 0 Å². The van der Waals surface area contributed by atoms with E-state index in [2.05, 4.69) is 16.9 Å². The SMILES string of the molecule is CCCCCCCc1cnc(-c2ccc3c(F)c(CCc4ccc(Cl)c(F)c4)ccc3c2)nc1. The lowest BCUT2D eigenvalue weighted by Crippen LogP contribution is -1.97. The van der Waals surface area contributed by atoms with Gasteiger partial charge in [0.1, 0.15) is 11.6 Å². The Morgan fingerprint density at radius 1 is 0.765 bits per heavy atom. The Bertz CT molecular complexity index is 1260. The van der Waals surface area contributed by atoms with Gasteiger partial charge in [-0.05, 0) is 66.0 Å². The molecule has 0 atom stereocenters. The summed E-state index contributed by atoms with van der Waals surface area (Å²) in [5.74, 6) is -0.0448. The maximum absolute atomic E-state index is 15.2. The van der Waals surface area contributed by atoms with Crippen LogP contribution in [0.1, 0.15) is 55.7 Å². The lowest BCUT2D eigenvalue weighted by atomic mass is 9.99. The van der Waals surface area contributed by atoms with Crippen molar-refractivity contribution < 1.29 is 8.78 Å². The number of rotatable bonds is 10. The fraction of sp³-hybridized carbons (Fsp3) is 0.310. The normalized spacial score (nSPS) is 11.3. The summed E-state index contributed by atoms with van der Waals surface area (Å²) in [7, 11) is 0. The third-order valence-electron chi connectivity index (χ3n) is 6.23. The monoisotopic (exact) mass is 478 g/mol. The van der Waals surface area contributed by atoms with E-state index in [-0.39, 0.29) is 10.8 Å². The smallest absolute Gasteiger partial charge is 0.159 e. The van der Waals surface area contributed by atoms with Gasteiger partial charge in [0.25, 0.3) is 0 Å². The van der Waals surface area contributed by atoms with Gasteiger partial charge in [-0.3, -0.25) is 0 Å². The van der Waals surface area contributed by atoms with Crippen LogP contribution in [0, 0.1) is 11.6 Å². The molecule has 0 saturated heterocycles. The number of fused-ring (bicyclic) bond motifs is 1. The van der Waals surface area contributed by atoms with Crippen LogP contribution in [0.25, 0.3) is 22.2 Å². The average molecular weight is 479 g/mol.